The van der Waals surface area contributed by atoms with Crippen LogP contribution in [-0.2, 0) is 10.0 Å². The molecule has 1 heterocycles. The predicted molar refractivity (Wildman–Crippen MR) is 104 cm³/mol. The minimum atomic E-state index is -3.88. The van der Waals surface area contributed by atoms with Gasteiger partial charge in [-0.25, -0.2) is 13.4 Å². The maximum Gasteiger partial charge on any atom is 0.284 e. The Morgan fingerprint density at radius 3 is 2.48 bits per heavy atom. The van der Waals surface area contributed by atoms with E-state index < -0.39 is 15.9 Å². The summed E-state index contributed by atoms with van der Waals surface area (Å²) in [6.07, 6.45) is 4.21. The molecule has 1 amide bonds. The van der Waals surface area contributed by atoms with Gasteiger partial charge in [-0.3, -0.25) is 14.8 Å². The highest BCUT2D eigenvalue weighted by Gasteiger charge is 2.15. The van der Waals surface area contributed by atoms with Gasteiger partial charge in [0.05, 0.1) is 12.5 Å². The second-order valence-corrected chi connectivity index (χ2v) is 7.44. The molecule has 138 valence electrons. The minimum absolute atomic E-state index is 0.186. The summed E-state index contributed by atoms with van der Waals surface area (Å²) < 4.78 is 25.6. The van der Waals surface area contributed by atoms with Crippen LogP contribution >= 0.6 is 11.6 Å². The van der Waals surface area contributed by atoms with Crippen molar-refractivity contribution in [3.05, 3.63) is 88.8 Å². The van der Waals surface area contributed by atoms with Crippen molar-refractivity contribution in [2.45, 2.75) is 0 Å². The third kappa shape index (κ3) is 5.04. The fraction of sp³-hybridized carbons (Fsp3) is 0. The quantitative estimate of drug-likeness (QED) is 0.620. The topological polar surface area (TPSA) is 93.1 Å². The zero-order valence-corrected chi connectivity index (χ0v) is 15.5. The zero-order valence-electron chi connectivity index (χ0n) is 13.9. The number of benzene rings is 2. The molecule has 0 aliphatic heterocycles. The fourth-order valence-corrected chi connectivity index (χ4v) is 2.98. The van der Waals surface area contributed by atoms with Crippen LogP contribution in [0.5, 0.6) is 0 Å². The van der Waals surface area contributed by atoms with E-state index in [0.717, 1.165) is 11.1 Å². The Kier molecular flexibility index (Phi) is 5.70. The normalized spacial score (nSPS) is 11.6. The van der Waals surface area contributed by atoms with E-state index in [2.05, 4.69) is 10.4 Å². The van der Waals surface area contributed by atoms with Gasteiger partial charge in [-0.2, -0.15) is 0 Å². The predicted octanol–water partition coefficient (Wildman–Crippen LogP) is 2.76. The lowest BCUT2D eigenvalue weighted by molar-refractivity contribution is 0.0938. The highest BCUT2D eigenvalue weighted by atomic mass is 35.5. The fourth-order valence-electron chi connectivity index (χ4n) is 2.21. The average molecular weight is 403 g/mol. The molecule has 0 fully saturated rings. The Balaban J connectivity index is 1.67. The third-order valence-electron chi connectivity index (χ3n) is 3.52. The van der Waals surface area contributed by atoms with E-state index in [9.17, 15) is 13.2 Å². The molecule has 0 atom stereocenters. The number of nitrogens with one attached hydrogen (secondary N) is 2. The maximum absolute atomic E-state index is 12.3. The Bertz CT molecular complexity index is 1060. The van der Waals surface area contributed by atoms with E-state index in [1.54, 1.807) is 41.0 Å². The molecular formula is C18H15ClN4O3S. The molecule has 3 aromatic rings. The van der Waals surface area contributed by atoms with Gasteiger partial charge in [-0.1, -0.05) is 41.9 Å². The molecule has 1 aromatic heterocycles. The third-order valence-corrected chi connectivity index (χ3v) is 4.65. The lowest BCUT2D eigenvalue weighted by Gasteiger charge is -2.09. The lowest BCUT2D eigenvalue weighted by Crippen LogP contribution is -2.41. The van der Waals surface area contributed by atoms with Crippen molar-refractivity contribution in [3.8, 4) is 5.69 Å². The molecule has 0 radical (unpaired) electrons. The first-order valence-corrected chi connectivity index (χ1v) is 9.71. The second kappa shape index (κ2) is 8.17. The number of hydrogen-bond acceptors (Lipinski definition) is 4. The summed E-state index contributed by atoms with van der Waals surface area (Å²) in [7, 11) is -3.88. The summed E-state index contributed by atoms with van der Waals surface area (Å²) in [6, 6.07) is 15.7. The molecule has 7 nitrogen and oxygen atoms in total. The molecular weight excluding hydrogens is 388 g/mol. The first kappa shape index (κ1) is 18.8. The van der Waals surface area contributed by atoms with Gasteiger partial charge < -0.3 is 0 Å². The van der Waals surface area contributed by atoms with Crippen LogP contribution in [0.1, 0.15) is 16.1 Å². The number of amides is 1. The van der Waals surface area contributed by atoms with Crippen LogP contribution in [0.15, 0.2) is 72.5 Å². The van der Waals surface area contributed by atoms with Crippen LogP contribution in [0.3, 0.4) is 0 Å². The van der Waals surface area contributed by atoms with Gasteiger partial charge in [0.15, 0.2) is 0 Å². The Morgan fingerprint density at radius 2 is 1.78 bits per heavy atom. The van der Waals surface area contributed by atoms with E-state index >= 15 is 0 Å². The van der Waals surface area contributed by atoms with Crippen molar-refractivity contribution in [3.63, 3.8) is 0 Å². The Morgan fingerprint density at radius 1 is 1.07 bits per heavy atom. The number of carbonyl (C=O) groups excluding carboxylic acids is 1. The van der Waals surface area contributed by atoms with Crippen LogP contribution < -0.4 is 10.3 Å². The van der Waals surface area contributed by atoms with Crippen LogP contribution in [0.25, 0.3) is 11.8 Å². The van der Waals surface area contributed by atoms with Gasteiger partial charge >= 0.3 is 0 Å². The monoisotopic (exact) mass is 402 g/mol. The standard InChI is InChI=1S/C18H15ClN4O3S/c19-15-8-6-14(7-9-15)10-11-27(25,26)22-21-18(24)17-12-20-13-23(17)16-4-2-1-3-5-16/h1-13,22H,(H,21,24)/b11-10+. The van der Waals surface area contributed by atoms with Crippen molar-refractivity contribution in [1.82, 2.24) is 19.8 Å². The Labute approximate surface area is 161 Å². The van der Waals surface area contributed by atoms with Gasteiger partial charge in [-0.15, -0.1) is 4.83 Å². The van der Waals surface area contributed by atoms with E-state index in [4.69, 9.17) is 11.6 Å². The van der Waals surface area contributed by atoms with E-state index in [1.165, 1.54) is 18.6 Å². The summed E-state index contributed by atoms with van der Waals surface area (Å²) in [5, 5.41) is 1.50. The molecule has 0 saturated heterocycles. The van der Waals surface area contributed by atoms with Crippen molar-refractivity contribution >= 4 is 33.6 Å². The zero-order chi connectivity index (χ0) is 19.3. The van der Waals surface area contributed by atoms with Crippen LogP contribution in [0, 0.1) is 0 Å². The summed E-state index contributed by atoms with van der Waals surface area (Å²) >= 11 is 5.78. The smallest absolute Gasteiger partial charge is 0.284 e. The number of nitrogens with zero attached hydrogens (tertiary/aromatic N) is 2. The summed E-state index contributed by atoms with van der Waals surface area (Å²) in [4.78, 5) is 18.3. The summed E-state index contributed by atoms with van der Waals surface area (Å²) in [5.41, 5.74) is 3.74. The number of sulfonamides is 1. The van der Waals surface area contributed by atoms with E-state index in [0.29, 0.717) is 10.6 Å². The van der Waals surface area contributed by atoms with Crippen LogP contribution in [0.2, 0.25) is 5.02 Å². The molecule has 27 heavy (non-hydrogen) atoms. The van der Waals surface area contributed by atoms with Gasteiger partial charge in [0.1, 0.15) is 5.69 Å². The van der Waals surface area contributed by atoms with Crippen molar-refractivity contribution in [2.75, 3.05) is 0 Å². The molecule has 0 aliphatic rings. The van der Waals surface area contributed by atoms with Gasteiger partial charge in [0.2, 0.25) is 0 Å². The van der Waals surface area contributed by atoms with E-state index in [-0.39, 0.29) is 5.69 Å². The number of halogens is 1. The van der Waals surface area contributed by atoms with Gasteiger partial charge in [-0.05, 0) is 35.9 Å². The largest absolute Gasteiger partial charge is 0.295 e. The minimum Gasteiger partial charge on any atom is -0.295 e. The molecule has 2 aromatic carbocycles. The summed E-state index contributed by atoms with van der Waals surface area (Å²) in [6.45, 7) is 0. The number of rotatable bonds is 6. The molecule has 0 aliphatic carbocycles. The lowest BCUT2D eigenvalue weighted by atomic mass is 10.2. The molecule has 9 heteroatoms. The number of imidazole rings is 1. The van der Waals surface area contributed by atoms with Crippen LogP contribution in [-0.4, -0.2) is 23.9 Å². The molecule has 0 saturated carbocycles. The highest BCUT2D eigenvalue weighted by molar-refractivity contribution is 7.92. The number of hydrazine groups is 1. The van der Waals surface area contributed by atoms with Gasteiger partial charge in [0.25, 0.3) is 15.9 Å². The Hall–Kier alpha value is -2.94. The maximum atomic E-state index is 12.3. The van der Waals surface area contributed by atoms with Crippen molar-refractivity contribution < 1.29 is 13.2 Å². The van der Waals surface area contributed by atoms with Crippen LogP contribution in [0.4, 0.5) is 0 Å². The van der Waals surface area contributed by atoms with Crippen molar-refractivity contribution in [1.29, 1.82) is 0 Å². The number of carbonyl (C=O) groups is 1. The molecule has 0 bridgehead atoms. The molecule has 0 spiro atoms. The number of hydrogen-bond donors (Lipinski definition) is 2. The summed E-state index contributed by atoms with van der Waals surface area (Å²) in [5.74, 6) is -0.639. The molecule has 2 N–H and O–H groups in total. The van der Waals surface area contributed by atoms with Gasteiger partial charge in [0, 0.05) is 16.1 Å². The average Bonchev–Trinajstić information content (AvgIpc) is 3.16. The highest BCUT2D eigenvalue weighted by Crippen LogP contribution is 2.12. The first-order valence-electron chi connectivity index (χ1n) is 7.78. The SMILES string of the molecule is O=C(NNS(=O)(=O)/C=C/c1ccc(Cl)cc1)c1cncn1-c1ccccc1. The first-order chi connectivity index (χ1) is 12.9. The number of aromatic nitrogens is 2. The van der Waals surface area contributed by atoms with E-state index in [1.807, 2.05) is 23.0 Å². The number of para-hydroxylation sites is 1. The molecule has 0 unspecified atom stereocenters. The second-order valence-electron chi connectivity index (χ2n) is 5.44. The molecule has 3 rings (SSSR count). The van der Waals surface area contributed by atoms with Crippen molar-refractivity contribution in [2.24, 2.45) is 0 Å².